The van der Waals surface area contributed by atoms with Crippen LogP contribution in [0.2, 0.25) is 0 Å². The molecule has 5 nitrogen and oxygen atoms in total. The zero-order valence-electron chi connectivity index (χ0n) is 16.9. The van der Waals surface area contributed by atoms with Crippen LogP contribution in [-0.2, 0) is 4.79 Å². The number of hydrogen-bond acceptors (Lipinski definition) is 3. The molecule has 1 heterocycles. The molecule has 150 valence electrons. The van der Waals surface area contributed by atoms with Crippen molar-refractivity contribution in [2.24, 2.45) is 0 Å². The van der Waals surface area contributed by atoms with Crippen LogP contribution in [0, 0.1) is 0 Å². The lowest BCUT2D eigenvalue weighted by Crippen LogP contribution is -3.19. The van der Waals surface area contributed by atoms with Crippen molar-refractivity contribution in [3.63, 3.8) is 0 Å². The molecule has 0 spiro atoms. The van der Waals surface area contributed by atoms with E-state index in [0.717, 1.165) is 38.3 Å². The molecule has 3 rings (SSSR count). The normalized spacial score (nSPS) is 17.1. The minimum atomic E-state index is -0.0461. The molecule has 3 N–H and O–H groups in total. The molecular formula is C23H32N3O2+. The molecule has 0 unspecified atom stereocenters. The molecule has 0 saturated carbocycles. The summed E-state index contributed by atoms with van der Waals surface area (Å²) in [7, 11) is 0. The van der Waals surface area contributed by atoms with Gasteiger partial charge >= 0.3 is 0 Å². The average Bonchev–Trinajstić information content (AvgIpc) is 2.75. The van der Waals surface area contributed by atoms with Gasteiger partial charge in [0.1, 0.15) is 5.75 Å². The van der Waals surface area contributed by atoms with E-state index in [-0.39, 0.29) is 11.9 Å². The monoisotopic (exact) mass is 382 g/mol. The molecule has 2 atom stereocenters. The van der Waals surface area contributed by atoms with E-state index in [1.807, 2.05) is 25.1 Å². The molecule has 0 bridgehead atoms. The Labute approximate surface area is 168 Å². The number of nitrogens with one attached hydrogen (secondary N) is 2. The number of rotatable bonds is 7. The van der Waals surface area contributed by atoms with E-state index in [2.05, 4.69) is 41.4 Å². The van der Waals surface area contributed by atoms with Gasteiger partial charge in [0.15, 0.2) is 6.04 Å². The summed E-state index contributed by atoms with van der Waals surface area (Å²) in [6.45, 7) is 8.59. The number of piperazine rings is 1. The highest BCUT2D eigenvalue weighted by atomic mass is 16.3. The zero-order chi connectivity index (χ0) is 19.9. The number of anilines is 1. The van der Waals surface area contributed by atoms with E-state index in [4.69, 9.17) is 0 Å². The molecule has 2 aromatic carbocycles. The van der Waals surface area contributed by atoms with Crippen LogP contribution in [0.4, 0.5) is 5.69 Å². The van der Waals surface area contributed by atoms with E-state index in [0.29, 0.717) is 18.2 Å². The van der Waals surface area contributed by atoms with Crippen molar-refractivity contribution >= 4 is 11.6 Å². The Morgan fingerprint density at radius 2 is 1.75 bits per heavy atom. The van der Waals surface area contributed by atoms with Gasteiger partial charge in [0.25, 0.3) is 5.91 Å². The standard InChI is InChI=1S/C23H31N3O2/c1-3-19(20-7-5-4-6-8-20)17-24-23(28)18(2)25-13-15-26(16-14-25)21-9-11-22(27)12-10-21/h4-12,18-19,27H,3,13-17H2,1-2H3,(H,24,28)/p+1/t18-,19-/m0/s1. The van der Waals surface area contributed by atoms with Crippen molar-refractivity contribution in [3.8, 4) is 5.75 Å². The highest BCUT2D eigenvalue weighted by molar-refractivity contribution is 5.80. The van der Waals surface area contributed by atoms with E-state index in [1.54, 1.807) is 12.1 Å². The summed E-state index contributed by atoms with van der Waals surface area (Å²) in [5, 5.41) is 12.6. The van der Waals surface area contributed by atoms with E-state index >= 15 is 0 Å². The Kier molecular flexibility index (Phi) is 6.93. The van der Waals surface area contributed by atoms with Crippen molar-refractivity contribution in [2.45, 2.75) is 32.2 Å². The van der Waals surface area contributed by atoms with Crippen molar-refractivity contribution in [3.05, 3.63) is 60.2 Å². The number of carbonyl (C=O) groups excluding carboxylic acids is 1. The van der Waals surface area contributed by atoms with Gasteiger partial charge in [-0.2, -0.15) is 0 Å². The van der Waals surface area contributed by atoms with Gasteiger partial charge in [-0.15, -0.1) is 0 Å². The predicted octanol–water partition coefficient (Wildman–Crippen LogP) is 1.80. The summed E-state index contributed by atoms with van der Waals surface area (Å²) >= 11 is 0. The molecule has 0 radical (unpaired) electrons. The van der Waals surface area contributed by atoms with Crippen molar-refractivity contribution < 1.29 is 14.8 Å². The molecule has 0 aliphatic carbocycles. The Bertz CT molecular complexity index is 740. The minimum absolute atomic E-state index is 0.0461. The van der Waals surface area contributed by atoms with Crippen LogP contribution in [0.1, 0.15) is 31.7 Å². The largest absolute Gasteiger partial charge is 0.508 e. The third-order valence-electron chi connectivity index (χ3n) is 5.91. The number of phenols is 1. The number of aromatic hydroxyl groups is 1. The lowest BCUT2D eigenvalue weighted by atomic mass is 9.96. The predicted molar refractivity (Wildman–Crippen MR) is 113 cm³/mol. The highest BCUT2D eigenvalue weighted by Gasteiger charge is 2.29. The highest BCUT2D eigenvalue weighted by Crippen LogP contribution is 2.19. The van der Waals surface area contributed by atoms with E-state index in [1.165, 1.54) is 10.5 Å². The van der Waals surface area contributed by atoms with Crippen LogP contribution >= 0.6 is 0 Å². The average molecular weight is 383 g/mol. The summed E-state index contributed by atoms with van der Waals surface area (Å²) in [6, 6.07) is 17.7. The topological polar surface area (TPSA) is 57.0 Å². The molecule has 1 aliphatic rings. The maximum absolute atomic E-state index is 12.7. The van der Waals surface area contributed by atoms with Crippen LogP contribution in [0.15, 0.2) is 54.6 Å². The second kappa shape index (κ2) is 9.60. The third-order valence-corrected chi connectivity index (χ3v) is 5.91. The second-order valence-corrected chi connectivity index (χ2v) is 7.64. The first-order chi connectivity index (χ1) is 13.6. The van der Waals surface area contributed by atoms with Gasteiger partial charge in [0, 0.05) is 18.2 Å². The van der Waals surface area contributed by atoms with Crippen LogP contribution in [0.3, 0.4) is 0 Å². The first-order valence-corrected chi connectivity index (χ1v) is 10.3. The van der Waals surface area contributed by atoms with Crippen molar-refractivity contribution in [1.29, 1.82) is 0 Å². The number of hydrogen-bond donors (Lipinski definition) is 3. The molecule has 1 aliphatic heterocycles. The number of carbonyl (C=O) groups is 1. The molecular weight excluding hydrogens is 350 g/mol. The number of benzene rings is 2. The summed E-state index contributed by atoms with van der Waals surface area (Å²) in [4.78, 5) is 16.4. The van der Waals surface area contributed by atoms with Crippen LogP contribution < -0.4 is 15.1 Å². The first-order valence-electron chi connectivity index (χ1n) is 10.3. The quantitative estimate of drug-likeness (QED) is 0.684. The summed E-state index contributed by atoms with van der Waals surface area (Å²) in [5.74, 6) is 0.792. The minimum Gasteiger partial charge on any atom is -0.508 e. The van der Waals surface area contributed by atoms with Gasteiger partial charge in [-0.25, -0.2) is 0 Å². The number of phenolic OH excluding ortho intramolecular Hbond substituents is 1. The Morgan fingerprint density at radius 3 is 2.36 bits per heavy atom. The van der Waals surface area contributed by atoms with E-state index < -0.39 is 0 Å². The van der Waals surface area contributed by atoms with Gasteiger partial charge < -0.3 is 20.2 Å². The fourth-order valence-electron chi connectivity index (χ4n) is 3.93. The molecule has 0 aromatic heterocycles. The Balaban J connectivity index is 1.48. The van der Waals surface area contributed by atoms with E-state index in [9.17, 15) is 9.90 Å². The lowest BCUT2D eigenvalue weighted by Gasteiger charge is -2.36. The Morgan fingerprint density at radius 1 is 1.11 bits per heavy atom. The number of quaternary nitrogens is 1. The lowest BCUT2D eigenvalue weighted by molar-refractivity contribution is -0.914. The molecule has 1 fully saturated rings. The summed E-state index contributed by atoms with van der Waals surface area (Å²) in [5.41, 5.74) is 2.41. The third kappa shape index (κ3) is 5.04. The van der Waals surface area contributed by atoms with Crippen LogP contribution in [0.25, 0.3) is 0 Å². The van der Waals surface area contributed by atoms with Gasteiger partial charge in [-0.05, 0) is 43.2 Å². The van der Waals surface area contributed by atoms with Crippen LogP contribution in [0.5, 0.6) is 5.75 Å². The SMILES string of the molecule is CC[C@@H](CNC(=O)[C@H](C)[NH+]1CCN(c2ccc(O)cc2)CC1)c1ccccc1. The first kappa shape index (κ1) is 20.2. The molecule has 1 saturated heterocycles. The van der Waals surface area contributed by atoms with Crippen molar-refractivity contribution in [2.75, 3.05) is 37.6 Å². The summed E-state index contributed by atoms with van der Waals surface area (Å²) in [6.07, 6.45) is 1.01. The number of nitrogens with zero attached hydrogens (tertiary/aromatic N) is 1. The van der Waals surface area contributed by atoms with Gasteiger partial charge in [0.2, 0.25) is 0 Å². The Hall–Kier alpha value is -2.53. The second-order valence-electron chi connectivity index (χ2n) is 7.64. The maximum atomic E-state index is 12.7. The molecule has 28 heavy (non-hydrogen) atoms. The van der Waals surface area contributed by atoms with Crippen molar-refractivity contribution in [1.82, 2.24) is 5.32 Å². The molecule has 2 aromatic rings. The zero-order valence-corrected chi connectivity index (χ0v) is 16.9. The molecule has 5 heteroatoms. The van der Waals surface area contributed by atoms with Gasteiger partial charge in [-0.1, -0.05) is 37.3 Å². The number of amides is 1. The fourth-order valence-corrected chi connectivity index (χ4v) is 3.93. The maximum Gasteiger partial charge on any atom is 0.278 e. The summed E-state index contributed by atoms with van der Waals surface area (Å²) < 4.78 is 0. The molecule has 1 amide bonds. The smallest absolute Gasteiger partial charge is 0.278 e. The van der Waals surface area contributed by atoms with Crippen LogP contribution in [-0.4, -0.2) is 49.8 Å². The van der Waals surface area contributed by atoms with Gasteiger partial charge in [-0.3, -0.25) is 4.79 Å². The van der Waals surface area contributed by atoms with Gasteiger partial charge in [0.05, 0.1) is 26.2 Å². The fraction of sp³-hybridized carbons (Fsp3) is 0.435.